The molecule has 2 aromatic rings. The third-order valence-corrected chi connectivity index (χ3v) is 3.38. The highest BCUT2D eigenvalue weighted by atomic mass is 16.5. The standard InChI is InChI=1S/C16H16N2O4/c19-15(13-3-1-9-21-13)17-11-5-7-12(8-6-11)18-16(20)14-4-2-10-22-14/h1,3,5-9,14H,2,4,10H2,(H,17,19)(H,18,20)/t14-/m1/s1. The lowest BCUT2D eigenvalue weighted by molar-refractivity contribution is -0.124. The molecule has 0 aliphatic carbocycles. The molecule has 0 spiro atoms. The SMILES string of the molecule is O=C(Nc1ccc(NC(=O)[C@H]2CCCO2)cc1)c1ccco1. The Hall–Kier alpha value is -2.60. The number of hydrogen-bond donors (Lipinski definition) is 2. The summed E-state index contributed by atoms with van der Waals surface area (Å²) in [6, 6.07) is 10.1. The number of nitrogens with one attached hydrogen (secondary N) is 2. The van der Waals surface area contributed by atoms with Crippen molar-refractivity contribution >= 4 is 23.2 Å². The highest BCUT2D eigenvalue weighted by Crippen LogP contribution is 2.18. The summed E-state index contributed by atoms with van der Waals surface area (Å²) in [5.41, 5.74) is 1.29. The molecule has 0 unspecified atom stereocenters. The lowest BCUT2D eigenvalue weighted by Gasteiger charge is -2.11. The van der Waals surface area contributed by atoms with Gasteiger partial charge in [-0.1, -0.05) is 0 Å². The fraction of sp³-hybridized carbons (Fsp3) is 0.250. The van der Waals surface area contributed by atoms with Crippen molar-refractivity contribution in [3.05, 3.63) is 48.4 Å². The van der Waals surface area contributed by atoms with Crippen molar-refractivity contribution in [3.8, 4) is 0 Å². The van der Waals surface area contributed by atoms with E-state index in [9.17, 15) is 9.59 Å². The van der Waals surface area contributed by atoms with Crippen LogP contribution in [0.15, 0.2) is 47.1 Å². The van der Waals surface area contributed by atoms with Crippen molar-refractivity contribution in [2.75, 3.05) is 17.2 Å². The molecule has 1 saturated heterocycles. The van der Waals surface area contributed by atoms with Crippen molar-refractivity contribution < 1.29 is 18.7 Å². The first-order valence-electron chi connectivity index (χ1n) is 7.10. The smallest absolute Gasteiger partial charge is 0.291 e. The van der Waals surface area contributed by atoms with Gasteiger partial charge in [-0.25, -0.2) is 0 Å². The molecule has 2 N–H and O–H groups in total. The lowest BCUT2D eigenvalue weighted by atomic mass is 10.2. The second kappa shape index (κ2) is 6.44. The van der Waals surface area contributed by atoms with E-state index in [0.717, 1.165) is 12.8 Å². The quantitative estimate of drug-likeness (QED) is 0.909. The lowest BCUT2D eigenvalue weighted by Crippen LogP contribution is -2.26. The van der Waals surface area contributed by atoms with Crippen LogP contribution in [0.2, 0.25) is 0 Å². The molecule has 0 bridgehead atoms. The zero-order valence-electron chi connectivity index (χ0n) is 11.9. The van der Waals surface area contributed by atoms with E-state index in [0.29, 0.717) is 18.0 Å². The van der Waals surface area contributed by atoms with E-state index in [1.54, 1.807) is 36.4 Å². The van der Waals surface area contributed by atoms with Crippen LogP contribution in [0, 0.1) is 0 Å². The fourth-order valence-corrected chi connectivity index (χ4v) is 2.24. The van der Waals surface area contributed by atoms with Gasteiger partial charge < -0.3 is 19.8 Å². The van der Waals surface area contributed by atoms with Gasteiger partial charge in [0.15, 0.2) is 5.76 Å². The van der Waals surface area contributed by atoms with Crippen molar-refractivity contribution in [1.82, 2.24) is 0 Å². The van der Waals surface area contributed by atoms with E-state index in [2.05, 4.69) is 10.6 Å². The number of carbonyl (C=O) groups excluding carboxylic acids is 2. The van der Waals surface area contributed by atoms with Crippen LogP contribution in [0.1, 0.15) is 23.4 Å². The van der Waals surface area contributed by atoms with Crippen molar-refractivity contribution in [2.24, 2.45) is 0 Å². The maximum atomic E-state index is 11.9. The van der Waals surface area contributed by atoms with Gasteiger partial charge in [0.1, 0.15) is 6.10 Å². The van der Waals surface area contributed by atoms with Crippen LogP contribution in [0.25, 0.3) is 0 Å². The van der Waals surface area contributed by atoms with Crippen LogP contribution in [-0.4, -0.2) is 24.5 Å². The van der Waals surface area contributed by atoms with Gasteiger partial charge in [-0.3, -0.25) is 9.59 Å². The summed E-state index contributed by atoms with van der Waals surface area (Å²) in [6.07, 6.45) is 2.75. The molecule has 1 fully saturated rings. The monoisotopic (exact) mass is 300 g/mol. The average Bonchev–Trinajstić information content (AvgIpc) is 3.23. The average molecular weight is 300 g/mol. The zero-order chi connectivity index (χ0) is 15.4. The molecule has 6 heteroatoms. The van der Waals surface area contributed by atoms with E-state index < -0.39 is 0 Å². The Kier molecular flexibility index (Phi) is 4.20. The Bertz CT molecular complexity index is 643. The summed E-state index contributed by atoms with van der Waals surface area (Å²) < 4.78 is 10.3. The van der Waals surface area contributed by atoms with Crippen LogP contribution >= 0.6 is 0 Å². The van der Waals surface area contributed by atoms with E-state index >= 15 is 0 Å². The van der Waals surface area contributed by atoms with Crippen LogP contribution in [-0.2, 0) is 9.53 Å². The van der Waals surface area contributed by atoms with Crippen molar-refractivity contribution in [2.45, 2.75) is 18.9 Å². The molecule has 3 rings (SSSR count). The van der Waals surface area contributed by atoms with Gasteiger partial charge in [-0.2, -0.15) is 0 Å². The summed E-state index contributed by atoms with van der Waals surface area (Å²) in [5, 5.41) is 5.51. The Morgan fingerprint density at radius 3 is 2.36 bits per heavy atom. The number of ether oxygens (including phenoxy) is 1. The normalized spacial score (nSPS) is 17.2. The molecule has 1 aliphatic heterocycles. The Labute approximate surface area is 127 Å². The summed E-state index contributed by atoms with van der Waals surface area (Å²) in [5.74, 6) is -0.207. The fourth-order valence-electron chi connectivity index (χ4n) is 2.24. The number of furan rings is 1. The molecule has 1 aromatic heterocycles. The Balaban J connectivity index is 1.58. The molecule has 1 aromatic carbocycles. The van der Waals surface area contributed by atoms with Crippen LogP contribution in [0.4, 0.5) is 11.4 Å². The van der Waals surface area contributed by atoms with Gasteiger partial charge in [-0.05, 0) is 49.2 Å². The molecular formula is C16H16N2O4. The van der Waals surface area contributed by atoms with Gasteiger partial charge in [0.25, 0.3) is 11.8 Å². The summed E-state index contributed by atoms with van der Waals surface area (Å²) in [7, 11) is 0. The maximum Gasteiger partial charge on any atom is 0.291 e. The number of carbonyl (C=O) groups is 2. The van der Waals surface area contributed by atoms with Crippen LogP contribution < -0.4 is 10.6 Å². The highest BCUT2D eigenvalue weighted by Gasteiger charge is 2.23. The second-order valence-electron chi connectivity index (χ2n) is 5.00. The number of anilines is 2. The molecule has 2 amide bonds. The maximum absolute atomic E-state index is 11.9. The summed E-state index contributed by atoms with van der Waals surface area (Å²) in [4.78, 5) is 23.7. The van der Waals surface area contributed by atoms with Gasteiger partial charge in [0.05, 0.1) is 6.26 Å². The van der Waals surface area contributed by atoms with Crippen LogP contribution in [0.5, 0.6) is 0 Å². The topological polar surface area (TPSA) is 80.6 Å². The first kappa shape index (κ1) is 14.3. The molecule has 22 heavy (non-hydrogen) atoms. The Morgan fingerprint density at radius 1 is 1.05 bits per heavy atom. The van der Waals surface area contributed by atoms with E-state index in [1.807, 2.05) is 0 Å². The summed E-state index contributed by atoms with van der Waals surface area (Å²) >= 11 is 0. The van der Waals surface area contributed by atoms with Gasteiger partial charge in [0.2, 0.25) is 0 Å². The van der Waals surface area contributed by atoms with Crippen molar-refractivity contribution in [1.29, 1.82) is 0 Å². The van der Waals surface area contributed by atoms with Gasteiger partial charge in [-0.15, -0.1) is 0 Å². The number of hydrogen-bond acceptors (Lipinski definition) is 4. The number of amides is 2. The molecule has 0 saturated carbocycles. The zero-order valence-corrected chi connectivity index (χ0v) is 11.9. The van der Waals surface area contributed by atoms with Crippen LogP contribution in [0.3, 0.4) is 0 Å². The molecule has 2 heterocycles. The summed E-state index contributed by atoms with van der Waals surface area (Å²) in [6.45, 7) is 0.635. The van der Waals surface area contributed by atoms with Gasteiger partial charge >= 0.3 is 0 Å². The molecule has 1 aliphatic rings. The van der Waals surface area contributed by atoms with E-state index in [-0.39, 0.29) is 23.7 Å². The third kappa shape index (κ3) is 3.35. The predicted molar refractivity (Wildman–Crippen MR) is 80.7 cm³/mol. The molecule has 6 nitrogen and oxygen atoms in total. The second-order valence-corrected chi connectivity index (χ2v) is 5.00. The predicted octanol–water partition coefficient (Wildman–Crippen LogP) is 2.65. The number of benzene rings is 1. The van der Waals surface area contributed by atoms with Crippen molar-refractivity contribution in [3.63, 3.8) is 0 Å². The minimum atomic E-state index is -0.363. The van der Waals surface area contributed by atoms with E-state index in [1.165, 1.54) is 6.26 Å². The minimum Gasteiger partial charge on any atom is -0.459 e. The highest BCUT2D eigenvalue weighted by molar-refractivity contribution is 6.02. The largest absolute Gasteiger partial charge is 0.459 e. The molecular weight excluding hydrogens is 284 g/mol. The first-order chi connectivity index (χ1) is 10.7. The molecule has 1 atom stereocenters. The van der Waals surface area contributed by atoms with E-state index in [4.69, 9.17) is 9.15 Å². The first-order valence-corrected chi connectivity index (χ1v) is 7.10. The third-order valence-electron chi connectivity index (χ3n) is 3.38. The van der Waals surface area contributed by atoms with Gasteiger partial charge in [0, 0.05) is 18.0 Å². The minimum absolute atomic E-state index is 0.134. The Morgan fingerprint density at radius 2 is 1.77 bits per heavy atom. The number of rotatable bonds is 4. The molecule has 114 valence electrons. The molecule has 0 radical (unpaired) electrons.